The van der Waals surface area contributed by atoms with Gasteiger partial charge in [0.05, 0.1) is 0 Å². The van der Waals surface area contributed by atoms with Crippen molar-refractivity contribution in [3.63, 3.8) is 0 Å². The van der Waals surface area contributed by atoms with Crippen LogP contribution in [0, 0.1) is 0 Å². The Kier molecular flexibility index (Phi) is 6.07. The van der Waals surface area contributed by atoms with Crippen LogP contribution in [0.25, 0.3) is 0 Å². The van der Waals surface area contributed by atoms with Crippen molar-refractivity contribution in [3.05, 3.63) is 108 Å². The molecular formula is C22H22ClP. The molecule has 1 unspecified atom stereocenters. The van der Waals surface area contributed by atoms with Gasteiger partial charge < -0.3 is 0 Å². The van der Waals surface area contributed by atoms with Crippen molar-refractivity contribution in [2.24, 2.45) is 0 Å². The molecule has 2 heteroatoms. The largest absolute Gasteiger partial charge is 0.0995 e. The highest BCUT2D eigenvalue weighted by molar-refractivity contribution is 7.69. The first-order valence-corrected chi connectivity index (χ1v) is 10.3. The van der Waals surface area contributed by atoms with Crippen LogP contribution in [0.5, 0.6) is 0 Å². The highest BCUT2D eigenvalue weighted by Gasteiger charge is 2.30. The molecule has 0 spiro atoms. The zero-order chi connectivity index (χ0) is 16.7. The summed E-state index contributed by atoms with van der Waals surface area (Å²) in [6, 6.07) is 32.2. The van der Waals surface area contributed by atoms with Gasteiger partial charge in [-0.25, -0.2) is 0 Å². The molecule has 0 saturated carbocycles. The monoisotopic (exact) mass is 352 g/mol. The third-order valence-corrected chi connectivity index (χ3v) is 6.49. The van der Waals surface area contributed by atoms with E-state index in [-0.39, 0.29) is 5.16 Å². The maximum Gasteiger partial charge on any atom is 0.0137 e. The fourth-order valence-electron chi connectivity index (χ4n) is 3.25. The highest BCUT2D eigenvalue weighted by atomic mass is 35.7. The average Bonchev–Trinajstić information content (AvgIpc) is 2.64. The van der Waals surface area contributed by atoms with E-state index in [4.69, 9.17) is 11.2 Å². The van der Waals surface area contributed by atoms with Crippen molar-refractivity contribution in [1.29, 1.82) is 0 Å². The molecular weight excluding hydrogens is 331 g/mol. The topological polar surface area (TPSA) is 0 Å². The van der Waals surface area contributed by atoms with Gasteiger partial charge in [-0.2, -0.15) is 0 Å². The van der Waals surface area contributed by atoms with Crippen LogP contribution in [0.4, 0.5) is 0 Å². The summed E-state index contributed by atoms with van der Waals surface area (Å²) >= 11 is 6.60. The van der Waals surface area contributed by atoms with Crippen LogP contribution in [-0.2, 0) is 19.3 Å². The van der Waals surface area contributed by atoms with Crippen LogP contribution >= 0.6 is 19.2 Å². The van der Waals surface area contributed by atoms with Gasteiger partial charge in [-0.3, -0.25) is 0 Å². The molecule has 1 atom stereocenters. The van der Waals surface area contributed by atoms with E-state index in [0.29, 0.717) is 7.93 Å². The van der Waals surface area contributed by atoms with Gasteiger partial charge in [0.2, 0.25) is 0 Å². The van der Waals surface area contributed by atoms with E-state index in [0.717, 1.165) is 19.3 Å². The molecule has 0 N–H and O–H groups in total. The number of halogens is 1. The van der Waals surface area contributed by atoms with Crippen molar-refractivity contribution < 1.29 is 0 Å². The van der Waals surface area contributed by atoms with E-state index >= 15 is 0 Å². The van der Waals surface area contributed by atoms with Gasteiger partial charge in [0.15, 0.2) is 0 Å². The van der Waals surface area contributed by atoms with Gasteiger partial charge in [0.25, 0.3) is 0 Å². The molecule has 3 aromatic rings. The molecule has 3 rings (SSSR count). The molecule has 0 saturated heterocycles. The minimum absolute atomic E-state index is 0.0472. The second-order valence-electron chi connectivity index (χ2n) is 6.36. The Labute approximate surface area is 151 Å². The van der Waals surface area contributed by atoms with Crippen molar-refractivity contribution in [2.45, 2.75) is 24.4 Å². The minimum atomic E-state index is 0.0472. The molecule has 0 heterocycles. The van der Waals surface area contributed by atoms with Crippen LogP contribution in [-0.4, -0.2) is 5.16 Å². The average molecular weight is 353 g/mol. The molecule has 0 nitrogen and oxygen atoms in total. The maximum absolute atomic E-state index is 6.60. The molecule has 3 aromatic carbocycles. The van der Waals surface area contributed by atoms with Gasteiger partial charge in [0, 0.05) is 5.16 Å². The van der Waals surface area contributed by atoms with E-state index in [1.807, 2.05) is 0 Å². The Morgan fingerprint density at radius 1 is 0.542 bits per heavy atom. The second-order valence-corrected chi connectivity index (χ2v) is 8.18. The summed E-state index contributed by atoms with van der Waals surface area (Å²) in [5, 5.41) is 0.0472. The predicted molar refractivity (Wildman–Crippen MR) is 107 cm³/mol. The molecule has 24 heavy (non-hydrogen) atoms. The molecule has 0 radical (unpaired) electrons. The zero-order valence-electron chi connectivity index (χ0n) is 13.7. The molecule has 0 bridgehead atoms. The Balaban J connectivity index is 1.91. The van der Waals surface area contributed by atoms with Gasteiger partial charge >= 0.3 is 0 Å². The third kappa shape index (κ3) is 4.69. The standard InChI is InChI=1S/C22H22ClP/c23-24-22(16-19-10-4-1-5-11-19,17-20-12-6-2-7-13-20)18-21-14-8-3-9-15-21/h1-15,24H,16-18H2. The number of hydrogen-bond acceptors (Lipinski definition) is 0. The van der Waals surface area contributed by atoms with Gasteiger partial charge in [-0.15, -0.1) is 0 Å². The summed E-state index contributed by atoms with van der Waals surface area (Å²) in [4.78, 5) is 0. The molecule has 122 valence electrons. The van der Waals surface area contributed by atoms with E-state index in [2.05, 4.69) is 91.0 Å². The Hall–Kier alpha value is -1.62. The van der Waals surface area contributed by atoms with Crippen LogP contribution in [0.1, 0.15) is 16.7 Å². The Bertz CT molecular complexity index is 624. The van der Waals surface area contributed by atoms with Gasteiger partial charge in [0.1, 0.15) is 0 Å². The first-order chi connectivity index (χ1) is 11.8. The van der Waals surface area contributed by atoms with E-state index < -0.39 is 0 Å². The third-order valence-electron chi connectivity index (χ3n) is 4.36. The molecule has 0 aliphatic heterocycles. The number of rotatable bonds is 7. The smallest absolute Gasteiger partial charge is 0.0137 e. The van der Waals surface area contributed by atoms with Crippen molar-refractivity contribution in [1.82, 2.24) is 0 Å². The van der Waals surface area contributed by atoms with E-state index in [1.54, 1.807) is 0 Å². The van der Waals surface area contributed by atoms with Crippen molar-refractivity contribution >= 4 is 19.2 Å². The summed E-state index contributed by atoms with van der Waals surface area (Å²) in [5.74, 6) is 0. The van der Waals surface area contributed by atoms with Crippen molar-refractivity contribution in [3.8, 4) is 0 Å². The number of hydrogen-bond donors (Lipinski definition) is 0. The number of benzene rings is 3. The van der Waals surface area contributed by atoms with Crippen LogP contribution in [0.15, 0.2) is 91.0 Å². The maximum atomic E-state index is 6.60. The first kappa shape index (κ1) is 17.2. The first-order valence-electron chi connectivity index (χ1n) is 8.29. The summed E-state index contributed by atoms with van der Waals surface area (Å²) in [7, 11) is 0.368. The second kappa shape index (κ2) is 8.47. The Morgan fingerprint density at radius 2 is 0.833 bits per heavy atom. The van der Waals surface area contributed by atoms with E-state index in [1.165, 1.54) is 16.7 Å². The molecule has 0 aliphatic rings. The quantitative estimate of drug-likeness (QED) is 0.438. The van der Waals surface area contributed by atoms with Crippen molar-refractivity contribution in [2.75, 3.05) is 0 Å². The lowest BCUT2D eigenvalue weighted by molar-refractivity contribution is 0.572. The molecule has 0 aliphatic carbocycles. The summed E-state index contributed by atoms with van der Waals surface area (Å²) in [5.41, 5.74) is 4.08. The molecule has 0 aromatic heterocycles. The lowest BCUT2D eigenvalue weighted by Crippen LogP contribution is -2.31. The highest BCUT2D eigenvalue weighted by Crippen LogP contribution is 2.44. The summed E-state index contributed by atoms with van der Waals surface area (Å²) < 4.78 is 0. The fraction of sp³-hybridized carbons (Fsp3) is 0.182. The van der Waals surface area contributed by atoms with Gasteiger partial charge in [-0.1, -0.05) is 102 Å². The minimum Gasteiger partial charge on any atom is -0.0995 e. The normalized spacial score (nSPS) is 11.9. The Morgan fingerprint density at radius 3 is 1.08 bits per heavy atom. The zero-order valence-corrected chi connectivity index (χ0v) is 15.4. The predicted octanol–water partition coefficient (Wildman–Crippen LogP) is 6.29. The lowest BCUT2D eigenvalue weighted by Gasteiger charge is -2.32. The summed E-state index contributed by atoms with van der Waals surface area (Å²) in [6.07, 6.45) is 3.00. The van der Waals surface area contributed by atoms with Crippen LogP contribution < -0.4 is 0 Å². The summed E-state index contributed by atoms with van der Waals surface area (Å²) in [6.45, 7) is 0. The lowest BCUT2D eigenvalue weighted by atomic mass is 9.86. The SMILES string of the molecule is ClPC(Cc1ccccc1)(Cc1ccccc1)Cc1ccccc1. The van der Waals surface area contributed by atoms with Crippen LogP contribution in [0.3, 0.4) is 0 Å². The molecule has 0 fully saturated rings. The van der Waals surface area contributed by atoms with Crippen LogP contribution in [0.2, 0.25) is 0 Å². The van der Waals surface area contributed by atoms with E-state index in [9.17, 15) is 0 Å². The molecule has 0 amide bonds. The fourth-order valence-corrected chi connectivity index (χ4v) is 4.66. The van der Waals surface area contributed by atoms with Gasteiger partial charge in [-0.05, 0) is 43.9 Å².